The Labute approximate surface area is 222 Å². The summed E-state index contributed by atoms with van der Waals surface area (Å²) < 4.78 is 61.4. The molecule has 1 aromatic carbocycles. The molecule has 1 aliphatic carbocycles. The minimum atomic E-state index is -4.28. The van der Waals surface area contributed by atoms with Crippen LogP contribution in [0.4, 0.5) is 33.9 Å². The molecule has 3 aliphatic rings. The highest BCUT2D eigenvalue weighted by Crippen LogP contribution is 2.62. The number of alkyl halides is 3. The Bertz CT molecular complexity index is 1430. The van der Waals surface area contributed by atoms with E-state index in [9.17, 15) is 18.0 Å². The third-order valence-corrected chi connectivity index (χ3v) is 8.13. The highest BCUT2D eigenvalue weighted by molar-refractivity contribution is 5.91. The van der Waals surface area contributed by atoms with Crippen molar-refractivity contribution in [1.82, 2.24) is 19.5 Å². The number of nitrogens with zero attached hydrogens (tertiary/aromatic N) is 5. The van der Waals surface area contributed by atoms with Crippen LogP contribution in [-0.2, 0) is 11.2 Å². The number of anilines is 2. The van der Waals surface area contributed by atoms with E-state index in [1.165, 1.54) is 11.0 Å². The zero-order chi connectivity index (χ0) is 27.5. The number of nitrogens with one attached hydrogen (secondary N) is 1. The van der Waals surface area contributed by atoms with E-state index in [2.05, 4.69) is 20.3 Å². The zero-order valence-corrected chi connectivity index (χ0v) is 21.8. The van der Waals surface area contributed by atoms with Crippen molar-refractivity contribution in [2.24, 2.45) is 11.3 Å². The van der Waals surface area contributed by atoms with Crippen LogP contribution in [0, 0.1) is 24.1 Å². The van der Waals surface area contributed by atoms with Gasteiger partial charge in [0.05, 0.1) is 25.3 Å². The number of benzene rings is 1. The molecule has 208 valence electrons. The van der Waals surface area contributed by atoms with Crippen LogP contribution in [0.3, 0.4) is 0 Å². The summed E-state index contributed by atoms with van der Waals surface area (Å²) in [7, 11) is 0. The van der Waals surface area contributed by atoms with Crippen molar-refractivity contribution in [1.29, 1.82) is 0 Å². The van der Waals surface area contributed by atoms with E-state index >= 15 is 4.39 Å². The molecule has 1 saturated carbocycles. The summed E-state index contributed by atoms with van der Waals surface area (Å²) in [6, 6.07) is 6.21. The molecule has 2 atom stereocenters. The Morgan fingerprint density at radius 2 is 1.97 bits per heavy atom. The van der Waals surface area contributed by atoms with Crippen LogP contribution in [0.25, 0.3) is 16.8 Å². The lowest BCUT2D eigenvalue weighted by Gasteiger charge is -2.29. The van der Waals surface area contributed by atoms with Crippen LogP contribution in [0.15, 0.2) is 24.3 Å². The van der Waals surface area contributed by atoms with E-state index in [1.54, 1.807) is 13.0 Å². The number of pyridine rings is 1. The molecule has 12 heteroatoms. The highest BCUT2D eigenvalue weighted by atomic mass is 19.4. The maximum atomic E-state index is 15.0. The average Bonchev–Trinajstić information content (AvgIpc) is 3.21. The van der Waals surface area contributed by atoms with E-state index in [0.717, 1.165) is 11.4 Å². The van der Waals surface area contributed by atoms with Gasteiger partial charge in [-0.3, -0.25) is 0 Å². The fourth-order valence-electron chi connectivity index (χ4n) is 6.03. The minimum absolute atomic E-state index is 0.0189. The number of ether oxygens (including phenoxy) is 1. The molecule has 2 saturated heterocycles. The Hall–Kier alpha value is -3.41. The Kier molecular flexibility index (Phi) is 6.20. The van der Waals surface area contributed by atoms with E-state index in [4.69, 9.17) is 4.74 Å². The maximum Gasteiger partial charge on any atom is 0.389 e. The molecule has 2 aromatic heterocycles. The van der Waals surface area contributed by atoms with E-state index in [1.807, 2.05) is 23.6 Å². The van der Waals surface area contributed by atoms with Gasteiger partial charge in [-0.15, -0.1) is 5.10 Å². The number of urea groups is 1. The molecule has 4 heterocycles. The Morgan fingerprint density at radius 1 is 1.21 bits per heavy atom. The summed E-state index contributed by atoms with van der Waals surface area (Å²) in [6.45, 7) is 6.61. The van der Waals surface area contributed by atoms with Gasteiger partial charge in [0.1, 0.15) is 11.6 Å². The molecule has 0 bridgehead atoms. The third kappa shape index (κ3) is 4.90. The van der Waals surface area contributed by atoms with Gasteiger partial charge in [0.2, 0.25) is 0 Å². The molecule has 6 rings (SSSR count). The van der Waals surface area contributed by atoms with Crippen LogP contribution in [-0.4, -0.2) is 71.1 Å². The normalized spacial score (nSPS) is 22.9. The minimum Gasteiger partial charge on any atom is -0.378 e. The predicted molar refractivity (Wildman–Crippen MR) is 137 cm³/mol. The van der Waals surface area contributed by atoms with Crippen molar-refractivity contribution < 1.29 is 27.1 Å². The van der Waals surface area contributed by atoms with Crippen molar-refractivity contribution in [2.45, 2.75) is 39.3 Å². The summed E-state index contributed by atoms with van der Waals surface area (Å²) in [5.74, 6) is 0.782. The van der Waals surface area contributed by atoms with Gasteiger partial charge < -0.3 is 19.9 Å². The number of hydrogen-bond donors (Lipinski definition) is 1. The van der Waals surface area contributed by atoms with E-state index in [-0.39, 0.29) is 24.7 Å². The number of amides is 2. The molecule has 1 N–H and O–H groups in total. The fraction of sp³-hybridized carbons (Fsp3) is 0.519. The summed E-state index contributed by atoms with van der Waals surface area (Å²) in [5.41, 5.74) is 1.92. The maximum absolute atomic E-state index is 15.0. The van der Waals surface area contributed by atoms with Crippen LogP contribution < -0.4 is 10.2 Å². The molecule has 8 nitrogen and oxygen atoms in total. The third-order valence-electron chi connectivity index (χ3n) is 8.13. The number of carbonyl (C=O) groups is 1. The molecule has 3 aromatic rings. The number of rotatable bonds is 5. The molecule has 2 amide bonds. The zero-order valence-electron chi connectivity index (χ0n) is 21.8. The first-order valence-electron chi connectivity index (χ1n) is 13.2. The molecule has 39 heavy (non-hydrogen) atoms. The molecule has 3 fully saturated rings. The number of aromatic nitrogens is 3. The molecular formula is C27H30F4N6O2. The summed E-state index contributed by atoms with van der Waals surface area (Å²) in [5, 5.41) is 7.26. The van der Waals surface area contributed by atoms with Crippen LogP contribution in [0.2, 0.25) is 0 Å². The van der Waals surface area contributed by atoms with Crippen molar-refractivity contribution in [2.75, 3.05) is 49.6 Å². The van der Waals surface area contributed by atoms with Crippen LogP contribution in [0.5, 0.6) is 0 Å². The van der Waals surface area contributed by atoms with E-state index in [0.29, 0.717) is 61.7 Å². The molecular weight excluding hydrogens is 516 g/mol. The summed E-state index contributed by atoms with van der Waals surface area (Å²) in [4.78, 5) is 21.2. The Morgan fingerprint density at radius 3 is 2.69 bits per heavy atom. The van der Waals surface area contributed by atoms with Gasteiger partial charge in [-0.05, 0) is 60.2 Å². The van der Waals surface area contributed by atoms with Gasteiger partial charge in [-0.25, -0.2) is 14.2 Å². The van der Waals surface area contributed by atoms with Crippen molar-refractivity contribution in [3.05, 3.63) is 41.5 Å². The monoisotopic (exact) mass is 546 g/mol. The molecule has 2 aliphatic heterocycles. The van der Waals surface area contributed by atoms with Crippen molar-refractivity contribution in [3.63, 3.8) is 0 Å². The number of hydrogen-bond acceptors (Lipinski definition) is 5. The number of morpholine rings is 1. The first-order valence-corrected chi connectivity index (χ1v) is 13.2. The SMILES string of the molecule is CCc1nc2cc(-c3cc(NC(=O)N4CC5CC5(CC(F)(F)F)C4)c(F)cc3C)cc(N3CCOCC3)n2n1. The number of aryl methyl sites for hydroxylation is 2. The molecule has 0 radical (unpaired) electrons. The number of fused-ring (bicyclic) bond motifs is 2. The van der Waals surface area contributed by atoms with Crippen molar-refractivity contribution in [3.8, 4) is 11.1 Å². The number of likely N-dealkylation sites (tertiary alicyclic amines) is 1. The number of carbonyl (C=O) groups excluding carboxylic acids is 1. The lowest BCUT2D eigenvalue weighted by atomic mass is 10.00. The predicted octanol–water partition coefficient (Wildman–Crippen LogP) is 5.05. The fourth-order valence-corrected chi connectivity index (χ4v) is 6.03. The smallest absolute Gasteiger partial charge is 0.378 e. The highest BCUT2D eigenvalue weighted by Gasteiger charge is 2.64. The number of piperidine rings is 1. The lowest BCUT2D eigenvalue weighted by Crippen LogP contribution is -2.37. The van der Waals surface area contributed by atoms with Gasteiger partial charge in [-0.2, -0.15) is 17.7 Å². The van der Waals surface area contributed by atoms with Gasteiger partial charge in [0.15, 0.2) is 11.5 Å². The van der Waals surface area contributed by atoms with Gasteiger partial charge in [-0.1, -0.05) is 6.92 Å². The molecule has 2 unspecified atom stereocenters. The summed E-state index contributed by atoms with van der Waals surface area (Å²) >= 11 is 0. The van der Waals surface area contributed by atoms with Gasteiger partial charge >= 0.3 is 12.2 Å². The summed E-state index contributed by atoms with van der Waals surface area (Å²) in [6.07, 6.45) is -4.03. The second kappa shape index (κ2) is 9.35. The van der Waals surface area contributed by atoms with Crippen molar-refractivity contribution >= 4 is 23.2 Å². The lowest BCUT2D eigenvalue weighted by molar-refractivity contribution is -0.147. The van der Waals surface area contributed by atoms with Crippen LogP contribution in [0.1, 0.15) is 31.2 Å². The second-order valence-electron chi connectivity index (χ2n) is 10.9. The second-order valence-corrected chi connectivity index (χ2v) is 10.9. The first kappa shape index (κ1) is 25.8. The van der Waals surface area contributed by atoms with Gasteiger partial charge in [0, 0.05) is 38.0 Å². The Balaban J connectivity index is 1.30. The van der Waals surface area contributed by atoms with Crippen LogP contribution >= 0.6 is 0 Å². The number of halogens is 4. The van der Waals surface area contributed by atoms with Gasteiger partial charge in [0.25, 0.3) is 0 Å². The topological polar surface area (TPSA) is 75.0 Å². The van der Waals surface area contributed by atoms with E-state index < -0.39 is 29.9 Å². The average molecular weight is 547 g/mol. The largest absolute Gasteiger partial charge is 0.389 e. The molecule has 0 spiro atoms. The standard InChI is InChI=1S/C27H30F4N6O2/c1-3-22-33-23-9-17(10-24(37(23)34-22)35-4-6-39-7-5-35)19-11-21(20(28)8-16(19)2)32-25(38)36-13-18-12-26(18,15-36)14-27(29,30)31/h8-11,18H,3-7,12-15H2,1-2H3,(H,32,38). The first-order chi connectivity index (χ1) is 18.5. The quantitative estimate of drug-likeness (QED) is 0.454.